The van der Waals surface area contributed by atoms with Crippen LogP contribution in [0.3, 0.4) is 0 Å². The SMILES string of the molecule is COCC(CO)COc1cccc(F)c1F. The molecule has 0 aliphatic carbocycles. The minimum Gasteiger partial charge on any atom is -0.490 e. The van der Waals surface area contributed by atoms with E-state index in [2.05, 4.69) is 0 Å². The molecule has 0 radical (unpaired) electrons. The maximum absolute atomic E-state index is 13.1. The first kappa shape index (κ1) is 12.9. The van der Waals surface area contributed by atoms with E-state index in [0.717, 1.165) is 6.07 Å². The second kappa shape index (κ2) is 6.40. The lowest BCUT2D eigenvalue weighted by Crippen LogP contribution is -2.21. The molecule has 1 aromatic rings. The zero-order valence-electron chi connectivity index (χ0n) is 8.95. The Kier molecular flexibility index (Phi) is 5.14. The van der Waals surface area contributed by atoms with Crippen LogP contribution in [0.1, 0.15) is 0 Å². The second-order valence-electron chi connectivity index (χ2n) is 3.37. The van der Waals surface area contributed by atoms with Crippen LogP contribution in [0.25, 0.3) is 0 Å². The van der Waals surface area contributed by atoms with Gasteiger partial charge in [-0.25, -0.2) is 4.39 Å². The number of hydrogen-bond donors (Lipinski definition) is 1. The third-order valence-corrected chi connectivity index (χ3v) is 2.05. The molecule has 0 aliphatic rings. The number of rotatable bonds is 6. The Morgan fingerprint density at radius 2 is 2.06 bits per heavy atom. The monoisotopic (exact) mass is 232 g/mol. The normalized spacial score (nSPS) is 12.5. The van der Waals surface area contributed by atoms with Crippen molar-refractivity contribution in [3.8, 4) is 5.75 Å². The summed E-state index contributed by atoms with van der Waals surface area (Å²) in [5.74, 6) is -2.39. The van der Waals surface area contributed by atoms with Gasteiger partial charge in [-0.1, -0.05) is 6.07 Å². The van der Waals surface area contributed by atoms with E-state index < -0.39 is 11.6 Å². The number of halogens is 2. The molecule has 0 fully saturated rings. The van der Waals surface area contributed by atoms with Gasteiger partial charge in [-0.3, -0.25) is 0 Å². The van der Waals surface area contributed by atoms with Gasteiger partial charge >= 0.3 is 0 Å². The van der Waals surface area contributed by atoms with Gasteiger partial charge in [-0.15, -0.1) is 0 Å². The first-order valence-corrected chi connectivity index (χ1v) is 4.85. The molecule has 0 heterocycles. The maximum Gasteiger partial charge on any atom is 0.200 e. The lowest BCUT2D eigenvalue weighted by molar-refractivity contribution is 0.0767. The third kappa shape index (κ3) is 3.43. The highest BCUT2D eigenvalue weighted by Gasteiger charge is 2.12. The highest BCUT2D eigenvalue weighted by atomic mass is 19.2. The standard InChI is InChI=1S/C11H14F2O3/c1-15-6-8(5-14)7-16-10-4-2-3-9(12)11(10)13/h2-4,8,14H,5-7H2,1H3. The highest BCUT2D eigenvalue weighted by molar-refractivity contribution is 5.24. The van der Waals surface area contributed by atoms with Crippen molar-refractivity contribution in [3.05, 3.63) is 29.8 Å². The van der Waals surface area contributed by atoms with Crippen LogP contribution >= 0.6 is 0 Å². The Balaban J connectivity index is 2.56. The molecule has 1 N–H and O–H groups in total. The second-order valence-corrected chi connectivity index (χ2v) is 3.37. The Labute approximate surface area is 92.6 Å². The van der Waals surface area contributed by atoms with Crippen LogP contribution < -0.4 is 4.74 Å². The van der Waals surface area contributed by atoms with Gasteiger partial charge in [0.2, 0.25) is 5.82 Å². The summed E-state index contributed by atoms with van der Waals surface area (Å²) in [6.07, 6.45) is 0. The first-order chi connectivity index (χ1) is 7.69. The van der Waals surface area contributed by atoms with E-state index >= 15 is 0 Å². The smallest absolute Gasteiger partial charge is 0.200 e. The molecular formula is C11H14F2O3. The van der Waals surface area contributed by atoms with E-state index in [4.69, 9.17) is 14.6 Å². The van der Waals surface area contributed by atoms with E-state index in [1.807, 2.05) is 0 Å². The molecule has 0 aliphatic heterocycles. The Morgan fingerprint density at radius 3 is 2.69 bits per heavy atom. The summed E-state index contributed by atoms with van der Waals surface area (Å²) in [6.45, 7) is 0.239. The van der Waals surface area contributed by atoms with Crippen LogP contribution in [0, 0.1) is 17.6 Å². The molecule has 5 heteroatoms. The number of aliphatic hydroxyl groups is 1. The highest BCUT2D eigenvalue weighted by Crippen LogP contribution is 2.19. The Bertz CT molecular complexity index is 331. The van der Waals surface area contributed by atoms with Crippen LogP contribution in [0.5, 0.6) is 5.75 Å². The van der Waals surface area contributed by atoms with Crippen molar-refractivity contribution < 1.29 is 23.4 Å². The van der Waals surface area contributed by atoms with E-state index in [0.29, 0.717) is 6.61 Å². The number of hydrogen-bond acceptors (Lipinski definition) is 3. The van der Waals surface area contributed by atoms with E-state index in [9.17, 15) is 8.78 Å². The third-order valence-electron chi connectivity index (χ3n) is 2.05. The minimum absolute atomic E-state index is 0.0741. The molecule has 1 unspecified atom stereocenters. The van der Waals surface area contributed by atoms with Crippen molar-refractivity contribution in [2.75, 3.05) is 26.9 Å². The molecule has 1 aromatic carbocycles. The van der Waals surface area contributed by atoms with E-state index in [-0.39, 0.29) is 24.9 Å². The predicted octanol–water partition coefficient (Wildman–Crippen LogP) is 1.60. The molecular weight excluding hydrogens is 218 g/mol. The maximum atomic E-state index is 13.1. The van der Waals surface area contributed by atoms with Crippen molar-refractivity contribution in [1.82, 2.24) is 0 Å². The zero-order valence-corrected chi connectivity index (χ0v) is 8.95. The molecule has 3 nitrogen and oxygen atoms in total. The lowest BCUT2D eigenvalue weighted by Gasteiger charge is -2.14. The van der Waals surface area contributed by atoms with Crippen LogP contribution in [-0.2, 0) is 4.74 Å². The average molecular weight is 232 g/mol. The molecule has 0 saturated heterocycles. The summed E-state index contributed by atoms with van der Waals surface area (Å²) in [5.41, 5.74) is 0. The molecule has 0 amide bonds. The van der Waals surface area contributed by atoms with Gasteiger partial charge < -0.3 is 14.6 Å². The molecule has 0 bridgehead atoms. The van der Waals surface area contributed by atoms with Gasteiger partial charge in [0.05, 0.1) is 19.8 Å². The fraction of sp³-hybridized carbons (Fsp3) is 0.455. The average Bonchev–Trinajstić information content (AvgIpc) is 2.29. The van der Waals surface area contributed by atoms with Crippen LogP contribution in [0.15, 0.2) is 18.2 Å². The Hall–Kier alpha value is -1.20. The molecule has 0 saturated carbocycles. The number of methoxy groups -OCH3 is 1. The van der Waals surface area contributed by atoms with Gasteiger partial charge in [-0.05, 0) is 12.1 Å². The summed E-state index contributed by atoms with van der Waals surface area (Å²) < 4.78 is 35.9. The van der Waals surface area contributed by atoms with Crippen LogP contribution in [-0.4, -0.2) is 32.0 Å². The van der Waals surface area contributed by atoms with Crippen molar-refractivity contribution in [1.29, 1.82) is 0 Å². The predicted molar refractivity (Wildman–Crippen MR) is 54.3 cm³/mol. The summed E-state index contributed by atoms with van der Waals surface area (Å²) in [6, 6.07) is 3.71. The molecule has 1 rings (SSSR count). The largest absolute Gasteiger partial charge is 0.490 e. The Morgan fingerprint density at radius 1 is 1.31 bits per heavy atom. The van der Waals surface area contributed by atoms with E-state index in [1.165, 1.54) is 19.2 Å². The van der Waals surface area contributed by atoms with Gasteiger partial charge in [0, 0.05) is 13.0 Å². The van der Waals surface area contributed by atoms with Crippen LogP contribution in [0.2, 0.25) is 0 Å². The zero-order chi connectivity index (χ0) is 12.0. The minimum atomic E-state index is -1.02. The fourth-order valence-corrected chi connectivity index (χ4v) is 1.19. The van der Waals surface area contributed by atoms with Gasteiger partial charge in [0.15, 0.2) is 11.6 Å². The van der Waals surface area contributed by atoms with Gasteiger partial charge in [0.25, 0.3) is 0 Å². The molecule has 1 atom stereocenters. The van der Waals surface area contributed by atoms with Gasteiger partial charge in [-0.2, -0.15) is 4.39 Å². The summed E-state index contributed by atoms with van der Waals surface area (Å²) in [7, 11) is 1.49. The first-order valence-electron chi connectivity index (χ1n) is 4.85. The van der Waals surface area contributed by atoms with Crippen molar-refractivity contribution in [2.45, 2.75) is 0 Å². The fourth-order valence-electron chi connectivity index (χ4n) is 1.19. The van der Waals surface area contributed by atoms with Crippen LogP contribution in [0.4, 0.5) is 8.78 Å². The number of benzene rings is 1. The molecule has 90 valence electrons. The number of aliphatic hydroxyl groups excluding tert-OH is 1. The topological polar surface area (TPSA) is 38.7 Å². The molecule has 16 heavy (non-hydrogen) atoms. The van der Waals surface area contributed by atoms with Crippen molar-refractivity contribution in [3.63, 3.8) is 0 Å². The molecule has 0 spiro atoms. The lowest BCUT2D eigenvalue weighted by atomic mass is 10.2. The molecule has 0 aromatic heterocycles. The van der Waals surface area contributed by atoms with Crippen molar-refractivity contribution >= 4 is 0 Å². The summed E-state index contributed by atoms with van der Waals surface area (Å²) >= 11 is 0. The van der Waals surface area contributed by atoms with Crippen molar-refractivity contribution in [2.24, 2.45) is 5.92 Å². The summed E-state index contributed by atoms with van der Waals surface area (Å²) in [4.78, 5) is 0. The van der Waals surface area contributed by atoms with E-state index in [1.54, 1.807) is 0 Å². The quantitative estimate of drug-likeness (QED) is 0.809. The van der Waals surface area contributed by atoms with Gasteiger partial charge in [0.1, 0.15) is 0 Å². The summed E-state index contributed by atoms with van der Waals surface area (Å²) in [5, 5.41) is 8.93. The number of ether oxygens (including phenoxy) is 2.